The Kier molecular flexibility index (Phi) is 7.69. The van der Waals surface area contributed by atoms with E-state index in [4.69, 9.17) is 9.47 Å². The lowest BCUT2D eigenvalue weighted by Crippen LogP contribution is -2.32. The van der Waals surface area contributed by atoms with E-state index in [0.717, 1.165) is 31.7 Å². The Morgan fingerprint density at radius 1 is 1.06 bits per heavy atom. The number of rotatable bonds is 9. The van der Waals surface area contributed by atoms with Crippen LogP contribution in [0.4, 0.5) is 11.4 Å². The monoisotopic (exact) mass is 449 g/mol. The summed E-state index contributed by atoms with van der Waals surface area (Å²) in [5.74, 6) is 1.16. The third-order valence-electron chi connectivity index (χ3n) is 5.11. The topological polar surface area (TPSA) is 111 Å². The number of hydrogen-bond donors (Lipinski definition) is 1. The van der Waals surface area contributed by atoms with E-state index >= 15 is 0 Å². The maximum atomic E-state index is 13.0. The molecular formula is C21H27N3O6S. The maximum Gasteiger partial charge on any atom is 0.293 e. The van der Waals surface area contributed by atoms with E-state index in [0.29, 0.717) is 24.6 Å². The maximum absolute atomic E-state index is 13.0. The molecule has 0 aromatic heterocycles. The van der Waals surface area contributed by atoms with Gasteiger partial charge in [-0.1, -0.05) is 25.0 Å². The van der Waals surface area contributed by atoms with E-state index in [9.17, 15) is 18.5 Å². The molecule has 0 unspecified atom stereocenters. The van der Waals surface area contributed by atoms with Gasteiger partial charge in [-0.05, 0) is 37.1 Å². The van der Waals surface area contributed by atoms with Gasteiger partial charge >= 0.3 is 0 Å². The van der Waals surface area contributed by atoms with Gasteiger partial charge in [0.25, 0.3) is 5.69 Å². The predicted molar refractivity (Wildman–Crippen MR) is 117 cm³/mol. The first-order valence-electron chi connectivity index (χ1n) is 10.2. The zero-order valence-electron chi connectivity index (χ0n) is 17.5. The molecule has 0 bridgehead atoms. The van der Waals surface area contributed by atoms with Crippen molar-refractivity contribution < 1.29 is 22.8 Å². The van der Waals surface area contributed by atoms with Crippen LogP contribution in [0.5, 0.6) is 11.5 Å². The van der Waals surface area contributed by atoms with Crippen LogP contribution in [0.1, 0.15) is 25.7 Å². The number of hydrogen-bond acceptors (Lipinski definition) is 7. The molecule has 31 heavy (non-hydrogen) atoms. The first kappa shape index (κ1) is 22.8. The summed E-state index contributed by atoms with van der Waals surface area (Å²) in [7, 11) is -2.22. The van der Waals surface area contributed by atoms with Gasteiger partial charge in [0.15, 0.2) is 11.5 Å². The highest BCUT2D eigenvalue weighted by Gasteiger charge is 2.28. The van der Waals surface area contributed by atoms with Crippen LogP contribution < -0.4 is 14.8 Å². The van der Waals surface area contributed by atoms with Crippen LogP contribution >= 0.6 is 0 Å². The van der Waals surface area contributed by atoms with Crippen LogP contribution in [0, 0.1) is 10.1 Å². The van der Waals surface area contributed by atoms with E-state index in [-0.39, 0.29) is 29.4 Å². The van der Waals surface area contributed by atoms with Crippen molar-refractivity contribution in [1.29, 1.82) is 0 Å². The summed E-state index contributed by atoms with van der Waals surface area (Å²) in [5.41, 5.74) is -0.0448. The minimum atomic E-state index is -3.76. The summed E-state index contributed by atoms with van der Waals surface area (Å²) in [4.78, 5) is 10.9. The van der Waals surface area contributed by atoms with Crippen molar-refractivity contribution in [2.75, 3.05) is 38.7 Å². The minimum absolute atomic E-state index is 0.0584. The van der Waals surface area contributed by atoms with Gasteiger partial charge in [0.1, 0.15) is 12.3 Å². The van der Waals surface area contributed by atoms with Crippen LogP contribution in [-0.4, -0.2) is 51.0 Å². The van der Waals surface area contributed by atoms with E-state index in [2.05, 4.69) is 5.32 Å². The minimum Gasteiger partial charge on any atom is -0.493 e. The van der Waals surface area contributed by atoms with Gasteiger partial charge in [-0.25, -0.2) is 8.42 Å². The van der Waals surface area contributed by atoms with Gasteiger partial charge in [-0.15, -0.1) is 0 Å². The second kappa shape index (κ2) is 10.5. The van der Waals surface area contributed by atoms with Crippen LogP contribution in [-0.2, 0) is 10.0 Å². The van der Waals surface area contributed by atoms with Crippen molar-refractivity contribution in [1.82, 2.24) is 4.31 Å². The molecule has 0 amide bonds. The lowest BCUT2D eigenvalue weighted by atomic mass is 10.2. The van der Waals surface area contributed by atoms with Gasteiger partial charge in [-0.3, -0.25) is 10.1 Å². The quantitative estimate of drug-likeness (QED) is 0.353. The highest BCUT2D eigenvalue weighted by Crippen LogP contribution is 2.30. The number of ether oxygens (including phenoxy) is 2. The summed E-state index contributed by atoms with van der Waals surface area (Å²) >= 11 is 0. The van der Waals surface area contributed by atoms with Gasteiger partial charge in [-0.2, -0.15) is 4.31 Å². The predicted octanol–water partition coefficient (Wildman–Crippen LogP) is 3.66. The van der Waals surface area contributed by atoms with Crippen molar-refractivity contribution in [2.24, 2.45) is 0 Å². The number of nitrogens with zero attached hydrogens (tertiary/aromatic N) is 2. The second-order valence-corrected chi connectivity index (χ2v) is 9.12. The first-order chi connectivity index (χ1) is 14.9. The molecule has 0 spiro atoms. The van der Waals surface area contributed by atoms with Crippen LogP contribution in [0.3, 0.4) is 0 Å². The molecule has 0 radical (unpaired) electrons. The Labute approximate surface area is 182 Å². The molecule has 1 heterocycles. The molecular weight excluding hydrogens is 422 g/mol. The fourth-order valence-corrected chi connectivity index (χ4v) is 5.03. The van der Waals surface area contributed by atoms with Gasteiger partial charge in [0.2, 0.25) is 10.0 Å². The van der Waals surface area contributed by atoms with Crippen molar-refractivity contribution in [2.45, 2.75) is 30.6 Å². The summed E-state index contributed by atoms with van der Waals surface area (Å²) in [6.45, 7) is 1.41. The zero-order valence-corrected chi connectivity index (χ0v) is 18.3. The molecule has 10 heteroatoms. The number of nitrogens with one attached hydrogen (secondary N) is 1. The molecule has 3 rings (SSSR count). The highest BCUT2D eigenvalue weighted by atomic mass is 32.2. The zero-order chi connectivity index (χ0) is 22.3. The molecule has 9 nitrogen and oxygen atoms in total. The molecule has 1 fully saturated rings. The molecule has 1 N–H and O–H groups in total. The molecule has 0 atom stereocenters. The third kappa shape index (κ3) is 5.65. The van der Waals surface area contributed by atoms with Crippen molar-refractivity contribution in [3.05, 3.63) is 52.6 Å². The lowest BCUT2D eigenvalue weighted by molar-refractivity contribution is -0.384. The van der Waals surface area contributed by atoms with Crippen LogP contribution in [0.15, 0.2) is 47.4 Å². The third-order valence-corrected chi connectivity index (χ3v) is 7.01. The number of sulfonamides is 1. The van der Waals surface area contributed by atoms with E-state index in [1.165, 1.54) is 16.4 Å². The van der Waals surface area contributed by atoms with Crippen LogP contribution in [0.25, 0.3) is 0 Å². The Morgan fingerprint density at radius 3 is 2.39 bits per heavy atom. The van der Waals surface area contributed by atoms with E-state index in [1.54, 1.807) is 19.2 Å². The fraction of sp³-hybridized carbons (Fsp3) is 0.429. The second-order valence-electron chi connectivity index (χ2n) is 7.18. The van der Waals surface area contributed by atoms with Gasteiger partial charge in [0.05, 0.1) is 16.9 Å². The largest absolute Gasteiger partial charge is 0.493 e. The van der Waals surface area contributed by atoms with E-state index < -0.39 is 14.9 Å². The van der Waals surface area contributed by atoms with Gasteiger partial charge < -0.3 is 14.8 Å². The van der Waals surface area contributed by atoms with Crippen molar-refractivity contribution in [3.8, 4) is 11.5 Å². The highest BCUT2D eigenvalue weighted by molar-refractivity contribution is 7.89. The molecule has 1 saturated heterocycles. The average Bonchev–Trinajstić information content (AvgIpc) is 3.07. The van der Waals surface area contributed by atoms with Gasteiger partial charge in [0, 0.05) is 25.7 Å². The first-order valence-corrected chi connectivity index (χ1v) is 11.7. The molecule has 1 aliphatic heterocycles. The number of methoxy groups -OCH3 is 1. The summed E-state index contributed by atoms with van der Waals surface area (Å²) < 4.78 is 38.2. The molecule has 0 saturated carbocycles. The number of anilines is 1. The average molecular weight is 450 g/mol. The lowest BCUT2D eigenvalue weighted by Gasteiger charge is -2.20. The van der Waals surface area contributed by atoms with Crippen molar-refractivity contribution in [3.63, 3.8) is 0 Å². The normalized spacial score (nSPS) is 15.1. The Bertz CT molecular complexity index is 1000. The van der Waals surface area contributed by atoms with E-state index in [1.807, 2.05) is 12.1 Å². The smallest absolute Gasteiger partial charge is 0.293 e. The number of nitro groups is 1. The molecule has 2 aromatic rings. The number of para-hydroxylation sites is 2. The standard InChI is InChI=1S/C21H27N3O6S/c1-29-20-8-4-5-9-21(20)30-15-12-22-18-11-10-17(16-19(18)24(25)26)31(27,28)23-13-6-2-3-7-14-23/h4-5,8-11,16,22H,2-3,6-7,12-15H2,1H3. The number of benzene rings is 2. The molecule has 0 aliphatic carbocycles. The summed E-state index contributed by atoms with van der Waals surface area (Å²) in [6.07, 6.45) is 3.58. The molecule has 1 aliphatic rings. The summed E-state index contributed by atoms with van der Waals surface area (Å²) in [6, 6.07) is 11.2. The summed E-state index contributed by atoms with van der Waals surface area (Å²) in [5, 5.41) is 14.5. The SMILES string of the molecule is COc1ccccc1OCCNc1ccc(S(=O)(=O)N2CCCCCC2)cc1[N+](=O)[O-]. The Balaban J connectivity index is 1.69. The fourth-order valence-electron chi connectivity index (χ4n) is 3.49. The molecule has 168 valence electrons. The molecule has 2 aromatic carbocycles. The van der Waals surface area contributed by atoms with Crippen molar-refractivity contribution >= 4 is 21.4 Å². The number of nitro benzene ring substituents is 1. The Morgan fingerprint density at radius 2 is 1.74 bits per heavy atom. The van der Waals surface area contributed by atoms with Crippen LogP contribution in [0.2, 0.25) is 0 Å². The Hall–Kier alpha value is -2.85.